The zero-order chi connectivity index (χ0) is 19.1. The summed E-state index contributed by atoms with van der Waals surface area (Å²) in [4.78, 5) is 13.9. The molecule has 0 aliphatic carbocycles. The van der Waals surface area contributed by atoms with Gasteiger partial charge in [0.1, 0.15) is 18.0 Å². The Bertz CT molecular complexity index is 873. The molecule has 2 aromatic rings. The summed E-state index contributed by atoms with van der Waals surface area (Å²) in [6.07, 6.45) is 0. The number of quaternary nitrogens is 1. The lowest BCUT2D eigenvalue weighted by atomic mass is 9.93. The lowest BCUT2D eigenvalue weighted by molar-refractivity contribution is -0.408. The maximum Gasteiger partial charge on any atom is 0.256 e. The van der Waals surface area contributed by atoms with Crippen molar-refractivity contribution in [3.63, 3.8) is 0 Å². The first-order valence-electron chi connectivity index (χ1n) is 7.75. The number of amides is 1. The molecule has 2 aromatic carbocycles. The predicted molar refractivity (Wildman–Crippen MR) is 97.4 cm³/mol. The highest BCUT2D eigenvalue weighted by molar-refractivity contribution is 14.1. The number of anilines is 2. The molecule has 26 heavy (non-hydrogen) atoms. The molecule has 0 bridgehead atoms. The van der Waals surface area contributed by atoms with Crippen LogP contribution in [0.5, 0.6) is 0 Å². The van der Waals surface area contributed by atoms with E-state index in [0.29, 0.717) is 3.57 Å². The molecule has 1 fully saturated rings. The van der Waals surface area contributed by atoms with E-state index in [1.807, 2.05) is 22.6 Å². The Morgan fingerprint density at radius 1 is 1.23 bits per heavy atom. The number of benzene rings is 2. The third kappa shape index (κ3) is 3.51. The highest BCUT2D eigenvalue weighted by Crippen LogP contribution is 2.31. The van der Waals surface area contributed by atoms with Crippen LogP contribution in [-0.2, 0) is 0 Å². The number of aliphatic hydroxyl groups is 1. The van der Waals surface area contributed by atoms with Crippen LogP contribution in [0.2, 0.25) is 0 Å². The van der Waals surface area contributed by atoms with Crippen LogP contribution in [0.4, 0.5) is 24.5 Å². The SMILES string of the molecule is [NH3+]CC1(O)CN(C(=O)c2ccc(F)c(F)c2Nc2ccc(I)cc2F)C1. The Morgan fingerprint density at radius 3 is 2.54 bits per heavy atom. The molecule has 1 aliphatic rings. The van der Waals surface area contributed by atoms with Crippen molar-refractivity contribution in [2.45, 2.75) is 5.60 Å². The molecule has 1 heterocycles. The van der Waals surface area contributed by atoms with E-state index < -0.39 is 34.6 Å². The van der Waals surface area contributed by atoms with Gasteiger partial charge in [-0.25, -0.2) is 13.2 Å². The normalized spacial score (nSPS) is 15.5. The average molecular weight is 478 g/mol. The molecule has 1 aliphatic heterocycles. The van der Waals surface area contributed by atoms with E-state index in [-0.39, 0.29) is 30.9 Å². The summed E-state index contributed by atoms with van der Waals surface area (Å²) < 4.78 is 42.7. The van der Waals surface area contributed by atoms with Gasteiger partial charge in [0.2, 0.25) is 0 Å². The fourth-order valence-corrected chi connectivity index (χ4v) is 3.17. The van der Waals surface area contributed by atoms with Crippen LogP contribution >= 0.6 is 22.6 Å². The molecule has 5 N–H and O–H groups in total. The van der Waals surface area contributed by atoms with Gasteiger partial charge in [-0.15, -0.1) is 0 Å². The Morgan fingerprint density at radius 2 is 1.92 bits per heavy atom. The van der Waals surface area contributed by atoms with Crippen molar-refractivity contribution in [3.05, 3.63) is 56.9 Å². The zero-order valence-electron chi connectivity index (χ0n) is 13.5. The molecule has 138 valence electrons. The van der Waals surface area contributed by atoms with Gasteiger partial charge in [-0.2, -0.15) is 0 Å². The van der Waals surface area contributed by atoms with Gasteiger partial charge >= 0.3 is 0 Å². The summed E-state index contributed by atoms with van der Waals surface area (Å²) >= 11 is 1.92. The van der Waals surface area contributed by atoms with E-state index in [1.165, 1.54) is 17.0 Å². The van der Waals surface area contributed by atoms with Crippen LogP contribution in [-0.4, -0.2) is 41.1 Å². The Kier molecular flexibility index (Phi) is 5.13. The maximum atomic E-state index is 14.3. The number of rotatable bonds is 4. The summed E-state index contributed by atoms with van der Waals surface area (Å²) in [7, 11) is 0. The van der Waals surface area contributed by atoms with Gasteiger partial charge in [0.05, 0.1) is 30.0 Å². The van der Waals surface area contributed by atoms with Crippen LogP contribution in [0.3, 0.4) is 0 Å². The average Bonchev–Trinajstić information content (AvgIpc) is 2.57. The van der Waals surface area contributed by atoms with E-state index in [0.717, 1.165) is 12.1 Å². The van der Waals surface area contributed by atoms with E-state index in [1.54, 1.807) is 6.07 Å². The Hall–Kier alpha value is -1.85. The van der Waals surface area contributed by atoms with Crippen molar-refractivity contribution in [1.29, 1.82) is 0 Å². The molecule has 0 spiro atoms. The van der Waals surface area contributed by atoms with Crippen molar-refractivity contribution >= 4 is 39.9 Å². The van der Waals surface area contributed by atoms with Crippen LogP contribution in [0.1, 0.15) is 10.4 Å². The lowest BCUT2D eigenvalue weighted by Gasteiger charge is -2.44. The number of β-amino-alcohol motifs (C(OH)–C–C–N with tert-alkyl or cyclic N) is 1. The summed E-state index contributed by atoms with van der Waals surface area (Å²) in [6, 6.07) is 6.17. The Labute approximate surface area is 161 Å². The smallest absolute Gasteiger partial charge is 0.256 e. The van der Waals surface area contributed by atoms with Gasteiger partial charge in [0.25, 0.3) is 5.91 Å². The lowest BCUT2D eigenvalue weighted by Crippen LogP contribution is -2.74. The minimum atomic E-state index is -1.28. The van der Waals surface area contributed by atoms with Gasteiger partial charge in [0.15, 0.2) is 11.6 Å². The van der Waals surface area contributed by atoms with Crippen molar-refractivity contribution in [1.82, 2.24) is 4.90 Å². The topological polar surface area (TPSA) is 80.2 Å². The predicted octanol–water partition coefficient (Wildman–Crippen LogP) is 1.88. The van der Waals surface area contributed by atoms with Crippen LogP contribution in [0.25, 0.3) is 0 Å². The zero-order valence-corrected chi connectivity index (χ0v) is 15.7. The highest BCUT2D eigenvalue weighted by Gasteiger charge is 2.45. The summed E-state index contributed by atoms with van der Waals surface area (Å²) in [5.74, 6) is -3.68. The number of hydrogen-bond acceptors (Lipinski definition) is 3. The van der Waals surface area contributed by atoms with E-state index in [9.17, 15) is 23.1 Å². The summed E-state index contributed by atoms with van der Waals surface area (Å²) in [5.41, 5.74) is 1.87. The molecule has 0 atom stereocenters. The van der Waals surface area contributed by atoms with Gasteiger partial charge in [-0.3, -0.25) is 4.79 Å². The highest BCUT2D eigenvalue weighted by atomic mass is 127. The van der Waals surface area contributed by atoms with Gasteiger partial charge < -0.3 is 21.1 Å². The largest absolute Gasteiger partial charge is 0.380 e. The molecule has 0 radical (unpaired) electrons. The van der Waals surface area contributed by atoms with Gasteiger partial charge in [-0.1, -0.05) is 0 Å². The van der Waals surface area contributed by atoms with Crippen molar-refractivity contribution in [2.75, 3.05) is 25.0 Å². The minimum Gasteiger partial charge on any atom is -0.380 e. The molecular formula is C17H16F3IN3O2+. The summed E-state index contributed by atoms with van der Waals surface area (Å²) in [5, 5.41) is 12.5. The molecule has 1 saturated heterocycles. The van der Waals surface area contributed by atoms with Gasteiger partial charge in [-0.05, 0) is 52.9 Å². The molecular weight excluding hydrogens is 462 g/mol. The third-order valence-corrected chi connectivity index (χ3v) is 4.91. The second-order valence-corrected chi connectivity index (χ2v) is 7.41. The first-order chi connectivity index (χ1) is 12.2. The van der Waals surface area contributed by atoms with E-state index in [4.69, 9.17) is 0 Å². The maximum absolute atomic E-state index is 14.3. The van der Waals surface area contributed by atoms with Crippen molar-refractivity contribution in [2.24, 2.45) is 0 Å². The fourth-order valence-electron chi connectivity index (χ4n) is 2.71. The number of hydrogen-bond donors (Lipinski definition) is 3. The van der Waals surface area contributed by atoms with Crippen molar-refractivity contribution < 1.29 is 28.8 Å². The summed E-state index contributed by atoms with van der Waals surface area (Å²) in [6.45, 7) is 0.324. The van der Waals surface area contributed by atoms with Gasteiger partial charge in [0, 0.05) is 3.57 Å². The number of halogens is 4. The second kappa shape index (κ2) is 7.05. The molecule has 0 saturated carbocycles. The number of carbonyl (C=O) groups excluding carboxylic acids is 1. The number of nitrogens with zero attached hydrogens (tertiary/aromatic N) is 1. The molecule has 3 rings (SSSR count). The van der Waals surface area contributed by atoms with Crippen LogP contribution in [0, 0.1) is 21.0 Å². The van der Waals surface area contributed by atoms with Crippen LogP contribution in [0.15, 0.2) is 30.3 Å². The quantitative estimate of drug-likeness (QED) is 0.588. The number of nitrogens with one attached hydrogen (secondary N) is 1. The van der Waals surface area contributed by atoms with E-state index in [2.05, 4.69) is 11.1 Å². The minimum absolute atomic E-state index is 0.0473. The van der Waals surface area contributed by atoms with Crippen molar-refractivity contribution in [3.8, 4) is 0 Å². The van der Waals surface area contributed by atoms with Crippen LogP contribution < -0.4 is 11.1 Å². The number of carbonyl (C=O) groups is 1. The molecule has 5 nitrogen and oxygen atoms in total. The van der Waals surface area contributed by atoms with E-state index >= 15 is 0 Å². The molecule has 0 unspecified atom stereocenters. The molecule has 0 aromatic heterocycles. The Balaban J connectivity index is 1.94. The number of likely N-dealkylation sites (tertiary alicyclic amines) is 1. The monoisotopic (exact) mass is 478 g/mol. The molecule has 1 amide bonds. The second-order valence-electron chi connectivity index (χ2n) is 6.17. The first kappa shape index (κ1) is 18.9. The first-order valence-corrected chi connectivity index (χ1v) is 8.83. The molecule has 9 heteroatoms. The third-order valence-electron chi connectivity index (χ3n) is 4.24. The standard InChI is InChI=1S/C17H15F3IN3O2/c18-11-3-2-10(16(25)24-7-17(26,6-22)8-24)15(14(11)20)23-13-4-1-9(21)5-12(13)19/h1-5,23,26H,6-8,22H2/p+1. The fraction of sp³-hybridized carbons (Fsp3) is 0.235.